The molecular formula is C116H96Cu2N6O4P2+2. The van der Waals surface area contributed by atoms with Gasteiger partial charge in [0.05, 0.1) is 67.4 Å². The molecule has 0 spiro atoms. The minimum absolute atomic E-state index is 0. The van der Waals surface area contributed by atoms with E-state index in [-0.39, 0.29) is 34.1 Å². The number of allylic oxidation sites excluding steroid dienone is 2. The smallest absolute Gasteiger partial charge is 0.497 e. The zero-order valence-electron chi connectivity index (χ0n) is 72.3. The Labute approximate surface area is 786 Å². The molecule has 18 aromatic rings. The number of benzene rings is 16. The van der Waals surface area contributed by atoms with Crippen molar-refractivity contribution in [3.05, 3.63) is 520 Å². The van der Waals surface area contributed by atoms with Crippen LogP contribution in [0.25, 0.3) is 55.9 Å². The van der Waals surface area contributed by atoms with E-state index in [4.69, 9.17) is 48.9 Å². The number of methoxy groups -OCH3 is 4. The summed E-state index contributed by atoms with van der Waals surface area (Å²) >= 11 is 0. The number of rotatable bonds is 20. The van der Waals surface area contributed by atoms with Gasteiger partial charge < -0.3 is 38.9 Å². The number of nitrogens with zero attached hydrogens (tertiary/aromatic N) is 6. The average Bonchev–Trinajstić information content (AvgIpc) is 1.63. The van der Waals surface area contributed by atoms with Gasteiger partial charge in [-0.3, -0.25) is 9.98 Å². The summed E-state index contributed by atoms with van der Waals surface area (Å²) in [5, 5.41) is 8.61. The van der Waals surface area contributed by atoms with Crippen molar-refractivity contribution < 1.29 is 53.1 Å². The van der Waals surface area contributed by atoms with Gasteiger partial charge in [-0.05, 0) is 225 Å². The van der Waals surface area contributed by atoms with Crippen LogP contribution >= 0.6 is 15.8 Å². The van der Waals surface area contributed by atoms with Crippen molar-refractivity contribution in [1.29, 1.82) is 0 Å². The molecule has 0 N–H and O–H groups in total. The largest absolute Gasteiger partial charge is 1.00 e. The van der Waals surface area contributed by atoms with Gasteiger partial charge in [-0.15, -0.1) is 0 Å². The van der Waals surface area contributed by atoms with Gasteiger partial charge in [0.15, 0.2) is 0 Å². The zero-order chi connectivity index (χ0) is 87.5. The van der Waals surface area contributed by atoms with Crippen molar-refractivity contribution in [2.45, 2.75) is 0 Å². The van der Waals surface area contributed by atoms with Crippen LogP contribution in [0.2, 0.25) is 0 Å². The topological polar surface area (TPSA) is 115 Å². The molecule has 0 aliphatic carbocycles. The molecule has 644 valence electrons. The molecule has 130 heavy (non-hydrogen) atoms. The second kappa shape index (κ2) is 48.9. The summed E-state index contributed by atoms with van der Waals surface area (Å²) in [6.45, 7) is 0. The fourth-order valence-electron chi connectivity index (χ4n) is 14.5. The fraction of sp³-hybridized carbons (Fsp3) is 0.0345. The van der Waals surface area contributed by atoms with E-state index >= 15 is 0 Å². The van der Waals surface area contributed by atoms with E-state index in [1.807, 2.05) is 243 Å². The number of aromatic nitrogens is 2. The second-order valence-corrected chi connectivity index (χ2v) is 34.3. The number of ether oxygens (including phenoxy) is 4. The van der Waals surface area contributed by atoms with Crippen molar-refractivity contribution in [3.8, 4) is 67.8 Å². The molecule has 2 aliphatic rings. The van der Waals surface area contributed by atoms with E-state index in [1.54, 1.807) is 28.4 Å². The maximum absolute atomic E-state index is 5.34. The third-order valence-electron chi connectivity index (χ3n) is 21.0. The van der Waals surface area contributed by atoms with E-state index < -0.39 is 15.8 Å². The standard InChI is InChI=1S/2C34H26N3O2.2C18H15P.2C6H6.2Cu/c2*1-38-27-17-13-25(14-18-27)31-21-29(23-9-5-3-6-10-23)33(35-31)37-34-30(24-11-7-4-8-12-24)22-32(36-34)26-15-19-28(39-2)20-16-26;2*1-4-10-16(11-5-1)19(17-12-6-2-7-13-17)18-14-8-3-9-15-18;2*1-2-4-6-5-3-1;;/h2*3-22H,1-2H3;2*1-15H;2*1-6H;;/q2*-1;;;;;2*+1/p+2/b2*37-33-;;;;;;. The minimum atomic E-state index is -0.877. The zero-order valence-corrected chi connectivity index (χ0v) is 76.1. The van der Waals surface area contributed by atoms with Crippen molar-refractivity contribution in [2.24, 2.45) is 20.0 Å². The van der Waals surface area contributed by atoms with Crippen LogP contribution in [0.5, 0.6) is 23.0 Å². The van der Waals surface area contributed by atoms with E-state index in [9.17, 15) is 0 Å². The Morgan fingerprint density at radius 3 is 0.623 bits per heavy atom. The SMILES string of the molecule is COc1ccc(C2=N/C(=N\c3[n-]c(-c4ccc(OC)cc4)cc3-c3ccccc3)C(c3ccccc3)=C2)cc1.COc1ccc(C2=N/C(=N\c3[n-]c(-c4ccc(OC)cc4)cc3-c3ccccc3)C(c3ccccc3)=C2)cc1.[Cu+].[Cu+].c1ccc([PH+](c2ccccc2)c2ccccc2)cc1.c1ccc([PH+](c2ccccc2)c2ccccc2)cc1.c1ccccc1.c1ccccc1. The molecule has 14 heteroatoms. The Balaban J connectivity index is 0.000000146. The summed E-state index contributed by atoms with van der Waals surface area (Å²) in [6.07, 6.45) is 4.18. The molecule has 0 bridgehead atoms. The van der Waals surface area contributed by atoms with Gasteiger partial charge in [0.1, 0.15) is 54.8 Å². The Hall–Kier alpha value is -14.7. The van der Waals surface area contributed by atoms with Crippen LogP contribution in [0.3, 0.4) is 0 Å². The van der Waals surface area contributed by atoms with Gasteiger partial charge in [0.2, 0.25) is 0 Å². The van der Waals surface area contributed by atoms with Gasteiger partial charge in [-0.1, -0.05) is 340 Å². The first-order valence-corrected chi connectivity index (χ1v) is 45.3. The van der Waals surface area contributed by atoms with Crippen molar-refractivity contribution >= 4 is 93.5 Å². The van der Waals surface area contributed by atoms with Gasteiger partial charge in [-0.2, -0.15) is 0 Å². The summed E-state index contributed by atoms with van der Waals surface area (Å²) in [5.74, 6) is 5.73. The predicted molar refractivity (Wildman–Crippen MR) is 542 cm³/mol. The molecule has 4 heterocycles. The third kappa shape index (κ3) is 25.4. The first-order chi connectivity index (χ1) is 63.3. The fourth-order valence-corrected chi connectivity index (χ4v) is 19.7. The molecule has 2 aromatic heterocycles. The van der Waals surface area contributed by atoms with Crippen LogP contribution in [0.1, 0.15) is 22.3 Å². The summed E-state index contributed by atoms with van der Waals surface area (Å²) < 4.78 is 21.3. The normalized spacial score (nSPS) is 12.1. The second-order valence-electron chi connectivity index (χ2n) is 29.4. The van der Waals surface area contributed by atoms with Crippen LogP contribution in [0.4, 0.5) is 11.6 Å². The minimum Gasteiger partial charge on any atom is -0.497 e. The maximum atomic E-state index is 5.34. The van der Waals surface area contributed by atoms with Crippen LogP contribution in [-0.2, 0) is 34.1 Å². The van der Waals surface area contributed by atoms with E-state index in [0.717, 1.165) is 113 Å². The number of amidine groups is 2. The monoisotopic (exact) mass is 1820 g/mol. The molecule has 0 saturated heterocycles. The first-order valence-electron chi connectivity index (χ1n) is 42.3. The molecular weight excluding hydrogens is 1730 g/mol. The molecule has 0 atom stereocenters. The van der Waals surface area contributed by atoms with Crippen LogP contribution in [0, 0.1) is 0 Å². The summed E-state index contributed by atoms with van der Waals surface area (Å²) in [6, 6.07) is 166. The van der Waals surface area contributed by atoms with Crippen LogP contribution in [-0.4, -0.2) is 51.5 Å². The van der Waals surface area contributed by atoms with E-state index in [2.05, 4.69) is 255 Å². The van der Waals surface area contributed by atoms with Crippen LogP contribution < -0.4 is 60.7 Å². The Kier molecular flexibility index (Phi) is 35.0. The van der Waals surface area contributed by atoms with Gasteiger partial charge >= 0.3 is 34.1 Å². The predicted octanol–water partition coefficient (Wildman–Crippen LogP) is 24.9. The molecule has 0 fully saturated rings. The quantitative estimate of drug-likeness (QED) is 0.0555. The average molecular weight is 1830 g/mol. The van der Waals surface area contributed by atoms with Gasteiger partial charge in [0.25, 0.3) is 0 Å². The van der Waals surface area contributed by atoms with E-state index in [1.165, 1.54) is 31.8 Å². The van der Waals surface area contributed by atoms with Crippen molar-refractivity contribution in [2.75, 3.05) is 28.4 Å². The van der Waals surface area contributed by atoms with Gasteiger partial charge in [-0.25, -0.2) is 0 Å². The van der Waals surface area contributed by atoms with Crippen molar-refractivity contribution in [1.82, 2.24) is 9.97 Å². The molecule has 0 radical (unpaired) electrons. The Morgan fingerprint density at radius 1 is 0.215 bits per heavy atom. The van der Waals surface area contributed by atoms with E-state index in [0.29, 0.717) is 23.3 Å². The van der Waals surface area contributed by atoms with Gasteiger partial charge in [0, 0.05) is 22.3 Å². The molecule has 2 aliphatic heterocycles. The Bertz CT molecular complexity index is 5980. The molecule has 16 aromatic carbocycles. The summed E-state index contributed by atoms with van der Waals surface area (Å²) in [4.78, 5) is 30.1. The first kappa shape index (κ1) is 93.0. The number of aliphatic imine (C=N–C) groups is 4. The third-order valence-corrected chi connectivity index (χ3v) is 26.5. The molecule has 0 saturated carbocycles. The van der Waals surface area contributed by atoms with Crippen molar-refractivity contribution in [3.63, 3.8) is 0 Å². The molecule has 0 amide bonds. The molecule has 20 rings (SSSR count). The summed E-state index contributed by atoms with van der Waals surface area (Å²) in [5.41, 5.74) is 15.4. The maximum Gasteiger partial charge on any atom is 1.00 e. The number of hydrogen-bond acceptors (Lipinski definition) is 6. The Morgan fingerprint density at radius 2 is 0.408 bits per heavy atom. The molecule has 10 nitrogen and oxygen atoms in total. The number of hydrogen-bond donors (Lipinski definition) is 0. The van der Waals surface area contributed by atoms with Crippen LogP contribution in [0.15, 0.2) is 517 Å². The molecule has 0 unspecified atom stereocenters. The summed E-state index contributed by atoms with van der Waals surface area (Å²) in [7, 11) is 4.90.